The van der Waals surface area contributed by atoms with Gasteiger partial charge in [0.2, 0.25) is 0 Å². The van der Waals surface area contributed by atoms with Gasteiger partial charge < -0.3 is 9.73 Å². The molecular formula is C17H18ClNO. The second-order valence-corrected chi connectivity index (χ2v) is 5.97. The SMILES string of the molecule is CC(C)CNCc1coc2c1cc(Cl)c1ccccc12. The van der Waals surface area contributed by atoms with Crippen LogP contribution < -0.4 is 5.32 Å². The number of hydrogen-bond acceptors (Lipinski definition) is 2. The number of nitrogens with one attached hydrogen (secondary N) is 1. The van der Waals surface area contributed by atoms with Gasteiger partial charge in [0.1, 0.15) is 5.58 Å². The van der Waals surface area contributed by atoms with Crippen LogP contribution in [0.25, 0.3) is 21.7 Å². The largest absolute Gasteiger partial charge is 0.463 e. The summed E-state index contributed by atoms with van der Waals surface area (Å²) in [5, 5.41) is 7.44. The molecule has 0 amide bonds. The molecule has 0 unspecified atom stereocenters. The van der Waals surface area contributed by atoms with E-state index in [-0.39, 0.29) is 0 Å². The lowest BCUT2D eigenvalue weighted by Crippen LogP contribution is -2.18. The van der Waals surface area contributed by atoms with Crippen molar-refractivity contribution < 1.29 is 4.42 Å². The van der Waals surface area contributed by atoms with Crippen molar-refractivity contribution in [2.24, 2.45) is 5.92 Å². The third-order valence-corrected chi connectivity index (χ3v) is 3.79. The van der Waals surface area contributed by atoms with Crippen LogP contribution in [0, 0.1) is 5.92 Å². The molecule has 0 spiro atoms. The van der Waals surface area contributed by atoms with Crippen LogP contribution in [0.4, 0.5) is 0 Å². The molecule has 3 aromatic rings. The third-order valence-electron chi connectivity index (χ3n) is 3.48. The van der Waals surface area contributed by atoms with Crippen molar-refractivity contribution in [1.82, 2.24) is 5.32 Å². The molecule has 0 saturated carbocycles. The summed E-state index contributed by atoms with van der Waals surface area (Å²) in [6.07, 6.45) is 1.83. The number of fused-ring (bicyclic) bond motifs is 3. The summed E-state index contributed by atoms with van der Waals surface area (Å²) in [6.45, 7) is 6.20. The highest BCUT2D eigenvalue weighted by atomic mass is 35.5. The van der Waals surface area contributed by atoms with Gasteiger partial charge in [0, 0.05) is 33.3 Å². The van der Waals surface area contributed by atoms with E-state index in [9.17, 15) is 0 Å². The molecule has 20 heavy (non-hydrogen) atoms. The molecule has 0 fully saturated rings. The molecule has 0 saturated heterocycles. The van der Waals surface area contributed by atoms with Gasteiger partial charge in [-0.2, -0.15) is 0 Å². The van der Waals surface area contributed by atoms with Crippen molar-refractivity contribution >= 4 is 33.3 Å². The van der Waals surface area contributed by atoms with E-state index in [2.05, 4.69) is 25.2 Å². The van der Waals surface area contributed by atoms with Crippen molar-refractivity contribution in [3.8, 4) is 0 Å². The van der Waals surface area contributed by atoms with Gasteiger partial charge in [0.05, 0.1) is 6.26 Å². The molecule has 104 valence electrons. The summed E-state index contributed by atoms with van der Waals surface area (Å²) in [5.41, 5.74) is 2.08. The van der Waals surface area contributed by atoms with Gasteiger partial charge in [-0.25, -0.2) is 0 Å². The molecule has 1 aromatic heterocycles. The molecule has 0 bridgehead atoms. The molecular weight excluding hydrogens is 270 g/mol. The van der Waals surface area contributed by atoms with Crippen molar-refractivity contribution in [3.63, 3.8) is 0 Å². The topological polar surface area (TPSA) is 25.2 Å². The highest BCUT2D eigenvalue weighted by Crippen LogP contribution is 2.34. The molecule has 0 radical (unpaired) electrons. The van der Waals surface area contributed by atoms with Crippen molar-refractivity contribution in [2.45, 2.75) is 20.4 Å². The Labute approximate surface area is 123 Å². The Kier molecular flexibility index (Phi) is 3.68. The number of furan rings is 1. The Hall–Kier alpha value is -1.51. The van der Waals surface area contributed by atoms with Crippen molar-refractivity contribution in [2.75, 3.05) is 6.54 Å². The second-order valence-electron chi connectivity index (χ2n) is 5.57. The quantitative estimate of drug-likeness (QED) is 0.732. The fourth-order valence-electron chi connectivity index (χ4n) is 2.50. The molecule has 0 atom stereocenters. The van der Waals surface area contributed by atoms with Crippen LogP contribution in [0.5, 0.6) is 0 Å². The van der Waals surface area contributed by atoms with Crippen LogP contribution in [0.15, 0.2) is 41.0 Å². The molecule has 0 aliphatic carbocycles. The highest BCUT2D eigenvalue weighted by Gasteiger charge is 2.11. The van der Waals surface area contributed by atoms with Crippen LogP contribution in [-0.4, -0.2) is 6.54 Å². The monoisotopic (exact) mass is 287 g/mol. The minimum Gasteiger partial charge on any atom is -0.463 e. The van der Waals surface area contributed by atoms with E-state index < -0.39 is 0 Å². The molecule has 3 rings (SSSR count). The average molecular weight is 288 g/mol. The highest BCUT2D eigenvalue weighted by molar-refractivity contribution is 6.37. The predicted molar refractivity (Wildman–Crippen MR) is 85.3 cm³/mol. The van der Waals surface area contributed by atoms with Gasteiger partial charge >= 0.3 is 0 Å². The van der Waals surface area contributed by atoms with Gasteiger partial charge in [-0.05, 0) is 18.5 Å². The predicted octanol–water partition coefficient (Wildman–Crippen LogP) is 4.99. The van der Waals surface area contributed by atoms with Gasteiger partial charge in [0.15, 0.2) is 0 Å². The Morgan fingerprint density at radius 3 is 2.65 bits per heavy atom. The van der Waals surface area contributed by atoms with Gasteiger partial charge in [0.25, 0.3) is 0 Å². The smallest absolute Gasteiger partial charge is 0.142 e. The van der Waals surface area contributed by atoms with Crippen molar-refractivity contribution in [3.05, 3.63) is 47.2 Å². The van der Waals surface area contributed by atoms with Crippen LogP contribution in [0.2, 0.25) is 5.02 Å². The normalized spacial score (nSPS) is 11.8. The minimum atomic E-state index is 0.637. The maximum atomic E-state index is 6.39. The maximum absolute atomic E-state index is 6.39. The van der Waals surface area contributed by atoms with Crippen LogP contribution in [0.3, 0.4) is 0 Å². The summed E-state index contributed by atoms with van der Waals surface area (Å²) in [4.78, 5) is 0. The lowest BCUT2D eigenvalue weighted by molar-refractivity contribution is 0.547. The fraction of sp³-hybridized carbons (Fsp3) is 0.294. The molecule has 3 heteroatoms. The zero-order valence-corrected chi connectivity index (χ0v) is 12.5. The molecule has 2 nitrogen and oxygen atoms in total. The first-order valence-corrected chi connectivity index (χ1v) is 7.32. The minimum absolute atomic E-state index is 0.637. The van der Waals surface area contributed by atoms with E-state index in [4.69, 9.17) is 16.0 Å². The Morgan fingerprint density at radius 1 is 1.15 bits per heavy atom. The van der Waals surface area contributed by atoms with Crippen LogP contribution in [-0.2, 0) is 6.54 Å². The van der Waals surface area contributed by atoms with E-state index in [0.717, 1.165) is 45.4 Å². The van der Waals surface area contributed by atoms with E-state index in [1.54, 1.807) is 0 Å². The summed E-state index contributed by atoms with van der Waals surface area (Å²) < 4.78 is 5.78. The number of hydrogen-bond donors (Lipinski definition) is 1. The molecule has 0 aliphatic heterocycles. The number of rotatable bonds is 4. The first-order valence-electron chi connectivity index (χ1n) is 6.95. The van der Waals surface area contributed by atoms with E-state index in [0.29, 0.717) is 5.92 Å². The van der Waals surface area contributed by atoms with Crippen molar-refractivity contribution in [1.29, 1.82) is 0 Å². The summed E-state index contributed by atoms with van der Waals surface area (Å²) in [5.74, 6) is 0.637. The average Bonchev–Trinajstić information content (AvgIpc) is 2.82. The fourth-order valence-corrected chi connectivity index (χ4v) is 2.77. The number of benzene rings is 2. The first-order chi connectivity index (χ1) is 9.66. The molecule has 0 aliphatic rings. The third kappa shape index (κ3) is 2.41. The second kappa shape index (κ2) is 5.47. The van der Waals surface area contributed by atoms with E-state index in [1.165, 1.54) is 0 Å². The maximum Gasteiger partial charge on any atom is 0.142 e. The van der Waals surface area contributed by atoms with Gasteiger partial charge in [-0.3, -0.25) is 0 Å². The van der Waals surface area contributed by atoms with E-state index in [1.807, 2.05) is 30.5 Å². The lowest BCUT2D eigenvalue weighted by atomic mass is 10.1. The van der Waals surface area contributed by atoms with Gasteiger partial charge in [-0.15, -0.1) is 0 Å². The standard InChI is InChI=1S/C17H18ClNO/c1-11(2)8-19-9-12-10-20-17-14-6-4-3-5-13(14)16(18)7-15(12)17/h3-7,10-11,19H,8-9H2,1-2H3. The van der Waals surface area contributed by atoms with Crippen LogP contribution >= 0.6 is 11.6 Å². The summed E-state index contributed by atoms with van der Waals surface area (Å²) in [7, 11) is 0. The summed E-state index contributed by atoms with van der Waals surface area (Å²) in [6, 6.07) is 10.1. The number of halogens is 1. The Balaban J connectivity index is 2.04. The first kappa shape index (κ1) is 13.5. The lowest BCUT2D eigenvalue weighted by Gasteiger charge is -2.06. The van der Waals surface area contributed by atoms with E-state index >= 15 is 0 Å². The molecule has 1 N–H and O–H groups in total. The zero-order valence-electron chi connectivity index (χ0n) is 11.7. The Morgan fingerprint density at radius 2 is 1.90 bits per heavy atom. The zero-order chi connectivity index (χ0) is 14.1. The molecule has 2 aromatic carbocycles. The van der Waals surface area contributed by atoms with Gasteiger partial charge in [-0.1, -0.05) is 49.7 Å². The van der Waals surface area contributed by atoms with Crippen LogP contribution in [0.1, 0.15) is 19.4 Å². The summed E-state index contributed by atoms with van der Waals surface area (Å²) >= 11 is 6.39. The molecule has 1 heterocycles. The Bertz CT molecular complexity index is 745.